The largest absolute Gasteiger partial charge is 0.368 e. The van der Waals surface area contributed by atoms with Gasteiger partial charge in [0.15, 0.2) is 0 Å². The second-order valence-electron chi connectivity index (χ2n) is 5.95. The zero-order chi connectivity index (χ0) is 16.9. The maximum absolute atomic E-state index is 12.9. The maximum Gasteiger partial charge on any atom is 0.251 e. The number of hydrogen-bond donors (Lipinski definition) is 0. The smallest absolute Gasteiger partial charge is 0.251 e. The van der Waals surface area contributed by atoms with Crippen molar-refractivity contribution in [3.8, 4) is 0 Å². The quantitative estimate of drug-likeness (QED) is 0.775. The fourth-order valence-electron chi connectivity index (χ4n) is 2.92. The van der Waals surface area contributed by atoms with E-state index in [1.807, 2.05) is 0 Å². The van der Waals surface area contributed by atoms with E-state index in [4.69, 9.17) is 4.74 Å². The summed E-state index contributed by atoms with van der Waals surface area (Å²) in [5, 5.41) is 0. The Balaban J connectivity index is 1.43. The van der Waals surface area contributed by atoms with Crippen molar-refractivity contribution < 1.29 is 18.7 Å². The van der Waals surface area contributed by atoms with Gasteiger partial charge in [0.25, 0.3) is 5.91 Å². The number of nitrogens with zero attached hydrogens (tertiary/aromatic N) is 2. The van der Waals surface area contributed by atoms with Crippen LogP contribution in [0.2, 0.25) is 0 Å². The normalized spacial score (nSPS) is 21.1. The lowest BCUT2D eigenvalue weighted by Crippen LogP contribution is -2.53. The van der Waals surface area contributed by atoms with Gasteiger partial charge in [-0.1, -0.05) is 0 Å². The first-order chi connectivity index (χ1) is 11.6. The van der Waals surface area contributed by atoms with Crippen LogP contribution >= 0.6 is 11.8 Å². The molecule has 1 aromatic carbocycles. The molecular formula is C17H21FN2O3S. The van der Waals surface area contributed by atoms with Gasteiger partial charge in [0.2, 0.25) is 5.91 Å². The third kappa shape index (κ3) is 4.27. The molecule has 2 fully saturated rings. The Hall–Kier alpha value is -1.60. The Morgan fingerprint density at radius 1 is 1.12 bits per heavy atom. The summed E-state index contributed by atoms with van der Waals surface area (Å²) in [5.41, 5.74) is 0. The van der Waals surface area contributed by atoms with Gasteiger partial charge in [0.05, 0.1) is 5.75 Å². The van der Waals surface area contributed by atoms with Crippen molar-refractivity contribution >= 4 is 23.6 Å². The van der Waals surface area contributed by atoms with Gasteiger partial charge in [0.1, 0.15) is 11.9 Å². The number of rotatable bonds is 4. The number of thioether (sulfide) groups is 1. The minimum Gasteiger partial charge on any atom is -0.368 e. The van der Waals surface area contributed by atoms with Crippen molar-refractivity contribution in [2.45, 2.75) is 23.8 Å². The monoisotopic (exact) mass is 352 g/mol. The molecule has 24 heavy (non-hydrogen) atoms. The van der Waals surface area contributed by atoms with E-state index in [1.165, 1.54) is 23.9 Å². The molecule has 0 bridgehead atoms. The Kier molecular flexibility index (Phi) is 5.73. The van der Waals surface area contributed by atoms with Gasteiger partial charge < -0.3 is 14.5 Å². The topological polar surface area (TPSA) is 49.9 Å². The lowest BCUT2D eigenvalue weighted by molar-refractivity contribution is -0.145. The van der Waals surface area contributed by atoms with E-state index in [0.29, 0.717) is 38.5 Å². The van der Waals surface area contributed by atoms with E-state index in [0.717, 1.165) is 17.7 Å². The molecule has 2 aliphatic heterocycles. The molecule has 3 rings (SSSR count). The van der Waals surface area contributed by atoms with Crippen molar-refractivity contribution in [1.29, 1.82) is 0 Å². The summed E-state index contributed by atoms with van der Waals surface area (Å²) in [6, 6.07) is 6.13. The second-order valence-corrected chi connectivity index (χ2v) is 7.00. The number of amides is 2. The summed E-state index contributed by atoms with van der Waals surface area (Å²) in [7, 11) is 0. The highest BCUT2D eigenvalue weighted by molar-refractivity contribution is 8.00. The minimum atomic E-state index is -0.290. The molecule has 1 aromatic rings. The molecule has 0 N–H and O–H groups in total. The van der Waals surface area contributed by atoms with E-state index in [2.05, 4.69) is 0 Å². The lowest BCUT2D eigenvalue weighted by atomic mass is 10.2. The molecule has 2 heterocycles. The highest BCUT2D eigenvalue weighted by Crippen LogP contribution is 2.20. The maximum atomic E-state index is 12.9. The average molecular weight is 352 g/mol. The summed E-state index contributed by atoms with van der Waals surface area (Å²) in [5.74, 6) is 0.150. The fraction of sp³-hybridized carbons (Fsp3) is 0.529. The molecule has 2 aliphatic rings. The van der Waals surface area contributed by atoms with Crippen molar-refractivity contribution in [1.82, 2.24) is 9.80 Å². The molecule has 0 aromatic heterocycles. The highest BCUT2D eigenvalue weighted by Gasteiger charge is 2.31. The highest BCUT2D eigenvalue weighted by atomic mass is 32.2. The van der Waals surface area contributed by atoms with Crippen LogP contribution in [0, 0.1) is 5.82 Å². The molecule has 2 saturated heterocycles. The van der Waals surface area contributed by atoms with Gasteiger partial charge >= 0.3 is 0 Å². The third-order valence-electron chi connectivity index (χ3n) is 4.33. The number of carbonyl (C=O) groups is 2. The first kappa shape index (κ1) is 17.2. The zero-order valence-electron chi connectivity index (χ0n) is 13.4. The summed E-state index contributed by atoms with van der Waals surface area (Å²) in [4.78, 5) is 29.0. The number of benzene rings is 1. The van der Waals surface area contributed by atoms with Crippen LogP contribution in [0.4, 0.5) is 4.39 Å². The van der Waals surface area contributed by atoms with Crippen molar-refractivity contribution in [3.05, 3.63) is 30.1 Å². The Bertz CT molecular complexity index is 582. The van der Waals surface area contributed by atoms with E-state index >= 15 is 0 Å². The average Bonchev–Trinajstić information content (AvgIpc) is 3.15. The van der Waals surface area contributed by atoms with Crippen LogP contribution in [0.3, 0.4) is 0 Å². The number of hydrogen-bond acceptors (Lipinski definition) is 4. The number of ether oxygens (including phenoxy) is 1. The Morgan fingerprint density at radius 2 is 1.79 bits per heavy atom. The second kappa shape index (κ2) is 7.98. The summed E-state index contributed by atoms with van der Waals surface area (Å²) < 4.78 is 18.3. The van der Waals surface area contributed by atoms with Crippen molar-refractivity contribution in [3.63, 3.8) is 0 Å². The van der Waals surface area contributed by atoms with Crippen LogP contribution in [0.5, 0.6) is 0 Å². The van der Waals surface area contributed by atoms with Crippen LogP contribution in [0.15, 0.2) is 29.2 Å². The van der Waals surface area contributed by atoms with Gasteiger partial charge in [-0.3, -0.25) is 9.59 Å². The summed E-state index contributed by atoms with van der Waals surface area (Å²) in [6.07, 6.45) is 1.45. The molecule has 0 saturated carbocycles. The number of carbonyl (C=O) groups excluding carboxylic acids is 2. The SMILES string of the molecule is O=C(CSc1ccc(F)cc1)N1CCN(C(=O)[C@@H]2CCCO2)CC1. The first-order valence-corrected chi connectivity index (χ1v) is 9.18. The minimum absolute atomic E-state index is 0.0496. The van der Waals surface area contributed by atoms with Crippen LogP contribution in [0.25, 0.3) is 0 Å². The van der Waals surface area contributed by atoms with Crippen molar-refractivity contribution in [2.75, 3.05) is 38.5 Å². The van der Waals surface area contributed by atoms with Crippen LogP contribution in [0.1, 0.15) is 12.8 Å². The van der Waals surface area contributed by atoms with Gasteiger partial charge in [-0.25, -0.2) is 4.39 Å². The van der Waals surface area contributed by atoms with Gasteiger partial charge in [-0.2, -0.15) is 0 Å². The molecule has 0 unspecified atom stereocenters. The van der Waals surface area contributed by atoms with E-state index in [9.17, 15) is 14.0 Å². The summed E-state index contributed by atoms with van der Waals surface area (Å²) >= 11 is 1.40. The summed E-state index contributed by atoms with van der Waals surface area (Å²) in [6.45, 7) is 2.90. The Labute approximate surface area is 145 Å². The standard InChI is InChI=1S/C17H21FN2O3S/c18-13-3-5-14(6-4-13)24-12-16(21)19-7-9-20(10-8-19)17(22)15-2-1-11-23-15/h3-6,15H,1-2,7-12H2/t15-/m0/s1. The van der Waals surface area contributed by atoms with Gasteiger partial charge in [-0.05, 0) is 37.1 Å². The zero-order valence-corrected chi connectivity index (χ0v) is 14.3. The number of halogens is 1. The van der Waals surface area contributed by atoms with E-state index in [1.54, 1.807) is 21.9 Å². The third-order valence-corrected chi connectivity index (χ3v) is 5.32. The molecule has 0 radical (unpaired) electrons. The molecule has 130 valence electrons. The molecule has 2 amide bonds. The van der Waals surface area contributed by atoms with Gasteiger partial charge in [0, 0.05) is 37.7 Å². The Morgan fingerprint density at radius 3 is 2.42 bits per heavy atom. The molecule has 7 heteroatoms. The van der Waals surface area contributed by atoms with E-state index < -0.39 is 0 Å². The van der Waals surface area contributed by atoms with Crippen LogP contribution in [-0.2, 0) is 14.3 Å². The van der Waals surface area contributed by atoms with Gasteiger partial charge in [-0.15, -0.1) is 11.8 Å². The molecule has 1 atom stereocenters. The predicted molar refractivity (Wildman–Crippen MR) is 89.3 cm³/mol. The molecular weight excluding hydrogens is 331 g/mol. The van der Waals surface area contributed by atoms with Crippen molar-refractivity contribution in [2.24, 2.45) is 0 Å². The first-order valence-electron chi connectivity index (χ1n) is 8.20. The fourth-order valence-corrected chi connectivity index (χ4v) is 3.72. The molecule has 0 aliphatic carbocycles. The van der Waals surface area contributed by atoms with Crippen LogP contribution in [-0.4, -0.2) is 66.3 Å². The lowest BCUT2D eigenvalue weighted by Gasteiger charge is -2.35. The van der Waals surface area contributed by atoms with Crippen LogP contribution < -0.4 is 0 Å². The molecule has 0 spiro atoms. The number of piperazine rings is 1. The molecule has 5 nitrogen and oxygen atoms in total. The predicted octanol–water partition coefficient (Wildman–Crippen LogP) is 1.77. The van der Waals surface area contributed by atoms with E-state index in [-0.39, 0.29) is 23.7 Å².